The minimum Gasteiger partial charge on any atom is -0.397 e. The Kier molecular flexibility index (Phi) is 4.58. The van der Waals surface area contributed by atoms with Gasteiger partial charge < -0.3 is 10.3 Å². The van der Waals surface area contributed by atoms with Crippen LogP contribution in [0.1, 0.15) is 19.2 Å². The molecule has 0 spiro atoms. The molecule has 6 nitrogen and oxygen atoms in total. The monoisotopic (exact) mass is 372 g/mol. The number of nitrogens with zero attached hydrogens (tertiary/aromatic N) is 2. The molecule has 0 saturated carbocycles. The van der Waals surface area contributed by atoms with Crippen molar-refractivity contribution in [1.82, 2.24) is 9.55 Å². The summed E-state index contributed by atoms with van der Waals surface area (Å²) in [5.41, 5.74) is 6.49. The predicted molar refractivity (Wildman–Crippen MR) is 86.6 cm³/mol. The Balaban J connectivity index is 2.32. The Labute approximate surface area is 132 Å². The fraction of sp³-hybridized carbons (Fsp3) is 0.308. The van der Waals surface area contributed by atoms with Crippen LogP contribution in [0.15, 0.2) is 33.9 Å². The van der Waals surface area contributed by atoms with Gasteiger partial charge in [-0.1, -0.05) is 22.9 Å². The van der Waals surface area contributed by atoms with Crippen molar-refractivity contribution < 1.29 is 8.42 Å². The third-order valence-corrected chi connectivity index (χ3v) is 4.68. The largest absolute Gasteiger partial charge is 0.397 e. The lowest BCUT2D eigenvalue weighted by molar-refractivity contribution is 0.597. The summed E-state index contributed by atoms with van der Waals surface area (Å²) in [4.78, 5) is 4.11. The summed E-state index contributed by atoms with van der Waals surface area (Å²) in [5, 5.41) is -0.00392. The van der Waals surface area contributed by atoms with E-state index in [-0.39, 0.29) is 5.03 Å². The number of aryl methyl sites for hydroxylation is 2. The Morgan fingerprint density at radius 2 is 2.14 bits per heavy atom. The maximum Gasteiger partial charge on any atom is 0.281 e. The number of benzene rings is 1. The van der Waals surface area contributed by atoms with Gasteiger partial charge >= 0.3 is 0 Å². The van der Waals surface area contributed by atoms with E-state index in [9.17, 15) is 8.42 Å². The zero-order valence-corrected chi connectivity index (χ0v) is 14.2. The number of nitrogens with one attached hydrogen (secondary N) is 1. The highest BCUT2D eigenvalue weighted by molar-refractivity contribution is 9.10. The third kappa shape index (κ3) is 3.56. The molecule has 0 aliphatic rings. The number of sulfonamides is 1. The summed E-state index contributed by atoms with van der Waals surface area (Å²) < 4.78 is 29.8. The Morgan fingerprint density at radius 3 is 2.76 bits per heavy atom. The molecule has 0 atom stereocenters. The number of rotatable bonds is 5. The molecular weight excluding hydrogens is 356 g/mol. The summed E-state index contributed by atoms with van der Waals surface area (Å²) in [6.07, 6.45) is 2.44. The van der Waals surface area contributed by atoms with Crippen LogP contribution in [0.5, 0.6) is 0 Å². The van der Waals surface area contributed by atoms with E-state index >= 15 is 0 Å². The summed E-state index contributed by atoms with van der Waals surface area (Å²) >= 11 is 3.28. The van der Waals surface area contributed by atoms with Gasteiger partial charge in [-0.3, -0.25) is 4.72 Å². The second-order valence-corrected chi connectivity index (χ2v) is 7.20. The molecular formula is C13H17BrN4O2S. The zero-order valence-electron chi connectivity index (χ0n) is 11.8. The van der Waals surface area contributed by atoms with E-state index in [1.165, 1.54) is 6.20 Å². The Morgan fingerprint density at radius 1 is 1.43 bits per heavy atom. The summed E-state index contributed by atoms with van der Waals surface area (Å²) in [5.74, 6) is 0.668. The normalized spacial score (nSPS) is 11.6. The lowest BCUT2D eigenvalue weighted by Crippen LogP contribution is -2.14. The van der Waals surface area contributed by atoms with E-state index in [1.54, 1.807) is 25.1 Å². The number of nitrogen functional groups attached to an aromatic ring is 1. The van der Waals surface area contributed by atoms with Gasteiger partial charge in [0.1, 0.15) is 5.82 Å². The molecule has 0 bridgehead atoms. The highest BCUT2D eigenvalue weighted by Gasteiger charge is 2.20. The van der Waals surface area contributed by atoms with Crippen molar-refractivity contribution in [3.63, 3.8) is 0 Å². The van der Waals surface area contributed by atoms with Crippen LogP contribution >= 0.6 is 15.9 Å². The first-order valence-electron chi connectivity index (χ1n) is 6.45. The molecule has 0 amide bonds. The molecule has 3 N–H and O–H groups in total. The number of anilines is 2. The fourth-order valence-electron chi connectivity index (χ4n) is 1.90. The minimum absolute atomic E-state index is 0.00392. The van der Waals surface area contributed by atoms with Gasteiger partial charge in [0.2, 0.25) is 0 Å². The molecule has 0 fully saturated rings. The van der Waals surface area contributed by atoms with Crippen LogP contribution in [0.25, 0.3) is 0 Å². The van der Waals surface area contributed by atoms with E-state index in [4.69, 9.17) is 5.73 Å². The van der Waals surface area contributed by atoms with Gasteiger partial charge in [0.15, 0.2) is 5.03 Å². The van der Waals surface area contributed by atoms with Crippen molar-refractivity contribution in [3.8, 4) is 0 Å². The molecule has 0 saturated heterocycles. The van der Waals surface area contributed by atoms with Crippen LogP contribution in [-0.4, -0.2) is 18.0 Å². The van der Waals surface area contributed by atoms with Crippen LogP contribution in [0.3, 0.4) is 0 Å². The van der Waals surface area contributed by atoms with Crippen molar-refractivity contribution in [2.75, 3.05) is 10.5 Å². The number of hydrogen-bond donors (Lipinski definition) is 2. The molecule has 0 aliphatic carbocycles. The maximum absolute atomic E-state index is 12.4. The standard InChI is InChI=1S/C13H17BrN4O2S/c1-3-6-18-8-13(16-9(18)2)21(19,20)17-12-5-4-10(14)7-11(12)15/h4-5,7-8,17H,3,6,15H2,1-2H3. The summed E-state index contributed by atoms with van der Waals surface area (Å²) in [7, 11) is -3.75. The van der Waals surface area contributed by atoms with Crippen molar-refractivity contribution >= 4 is 37.3 Å². The Hall–Kier alpha value is -1.54. The average molecular weight is 373 g/mol. The van der Waals surface area contributed by atoms with Crippen molar-refractivity contribution in [2.24, 2.45) is 0 Å². The molecule has 21 heavy (non-hydrogen) atoms. The molecule has 1 aromatic heterocycles. The molecule has 0 aliphatic heterocycles. The number of aromatic nitrogens is 2. The fourth-order valence-corrected chi connectivity index (χ4v) is 3.38. The number of halogens is 1. The molecule has 0 unspecified atom stereocenters. The van der Waals surface area contributed by atoms with Gasteiger partial charge in [0.05, 0.1) is 11.4 Å². The smallest absolute Gasteiger partial charge is 0.281 e. The molecule has 1 aromatic carbocycles. The quantitative estimate of drug-likeness (QED) is 0.789. The minimum atomic E-state index is -3.75. The van der Waals surface area contributed by atoms with Crippen molar-refractivity contribution in [1.29, 1.82) is 0 Å². The second kappa shape index (κ2) is 6.07. The van der Waals surface area contributed by atoms with Gasteiger partial charge in [0.25, 0.3) is 10.0 Å². The number of imidazole rings is 1. The number of hydrogen-bond acceptors (Lipinski definition) is 4. The topological polar surface area (TPSA) is 90.0 Å². The first-order chi connectivity index (χ1) is 9.83. The zero-order chi connectivity index (χ0) is 15.6. The highest BCUT2D eigenvalue weighted by Crippen LogP contribution is 2.25. The van der Waals surface area contributed by atoms with Gasteiger partial charge in [-0.2, -0.15) is 8.42 Å². The molecule has 2 rings (SSSR count). The van der Waals surface area contributed by atoms with Crippen molar-refractivity contribution in [3.05, 3.63) is 34.7 Å². The lowest BCUT2D eigenvalue weighted by atomic mass is 10.3. The van der Waals surface area contributed by atoms with E-state index in [2.05, 4.69) is 25.6 Å². The van der Waals surface area contributed by atoms with Gasteiger partial charge in [-0.15, -0.1) is 0 Å². The van der Waals surface area contributed by atoms with Gasteiger partial charge in [-0.25, -0.2) is 4.98 Å². The molecule has 0 radical (unpaired) electrons. The van der Waals surface area contributed by atoms with E-state index in [1.807, 2.05) is 11.5 Å². The average Bonchev–Trinajstić information content (AvgIpc) is 2.76. The van der Waals surface area contributed by atoms with Crippen LogP contribution in [-0.2, 0) is 16.6 Å². The van der Waals surface area contributed by atoms with Crippen LogP contribution in [0.2, 0.25) is 0 Å². The van der Waals surface area contributed by atoms with Crippen LogP contribution in [0.4, 0.5) is 11.4 Å². The van der Waals surface area contributed by atoms with Gasteiger partial charge in [0, 0.05) is 17.2 Å². The van der Waals surface area contributed by atoms with Crippen LogP contribution in [0, 0.1) is 6.92 Å². The Bertz CT molecular complexity index is 756. The SMILES string of the molecule is CCCn1cc(S(=O)(=O)Nc2ccc(Br)cc2N)nc1C. The maximum atomic E-state index is 12.4. The van der Waals surface area contributed by atoms with Crippen molar-refractivity contribution in [2.45, 2.75) is 31.8 Å². The summed E-state index contributed by atoms with van der Waals surface area (Å²) in [6, 6.07) is 4.96. The summed E-state index contributed by atoms with van der Waals surface area (Å²) in [6.45, 7) is 4.53. The first-order valence-corrected chi connectivity index (χ1v) is 8.72. The second-order valence-electron chi connectivity index (χ2n) is 4.66. The molecule has 114 valence electrons. The van der Waals surface area contributed by atoms with Gasteiger partial charge in [-0.05, 0) is 31.5 Å². The first kappa shape index (κ1) is 15.8. The number of nitrogens with two attached hydrogens (primary N) is 1. The molecule has 1 heterocycles. The predicted octanol–water partition coefficient (Wildman–Crippen LogP) is 2.75. The van der Waals surface area contributed by atoms with E-state index in [0.717, 1.165) is 17.4 Å². The lowest BCUT2D eigenvalue weighted by Gasteiger charge is -2.08. The molecule has 8 heteroatoms. The third-order valence-electron chi connectivity index (χ3n) is 2.95. The van der Waals surface area contributed by atoms with Crippen LogP contribution < -0.4 is 10.5 Å². The van der Waals surface area contributed by atoms with E-state index < -0.39 is 10.0 Å². The van der Waals surface area contributed by atoms with E-state index in [0.29, 0.717) is 17.2 Å². The highest BCUT2D eigenvalue weighted by atomic mass is 79.9. The molecule has 2 aromatic rings.